The van der Waals surface area contributed by atoms with Gasteiger partial charge in [-0.15, -0.1) is 0 Å². The Kier molecular flexibility index (Phi) is 9.92. The van der Waals surface area contributed by atoms with Gasteiger partial charge in [-0.3, -0.25) is 14.1 Å². The van der Waals surface area contributed by atoms with E-state index in [1.165, 1.54) is 0 Å². The Balaban J connectivity index is 2.01. The van der Waals surface area contributed by atoms with Crippen LogP contribution in [0.15, 0.2) is 0 Å². The predicted octanol–water partition coefficient (Wildman–Crippen LogP) is 0.781. The summed E-state index contributed by atoms with van der Waals surface area (Å²) in [6, 6.07) is -2.48. The molecule has 1 saturated heterocycles. The highest BCUT2D eigenvalue weighted by Crippen LogP contribution is 2.42. The zero-order valence-electron chi connectivity index (χ0n) is 19.5. The number of carbonyl (C=O) groups excluding carboxylic acids is 3. The van der Waals surface area contributed by atoms with Crippen LogP contribution in [0.2, 0.25) is 0 Å². The van der Waals surface area contributed by atoms with E-state index in [0.29, 0.717) is 24.8 Å². The lowest BCUT2D eigenvalue weighted by molar-refractivity contribution is -0.126. The van der Waals surface area contributed by atoms with E-state index < -0.39 is 45.6 Å². The molecule has 11 nitrogen and oxygen atoms in total. The monoisotopic (exact) mass is 491 g/mol. The zero-order chi connectivity index (χ0) is 24.8. The van der Waals surface area contributed by atoms with Gasteiger partial charge in [-0.2, -0.15) is 8.42 Å². The third kappa shape index (κ3) is 8.74. The molecule has 5 N–H and O–H groups in total. The van der Waals surface area contributed by atoms with E-state index in [9.17, 15) is 32.5 Å². The maximum absolute atomic E-state index is 12.9. The maximum Gasteiger partial charge on any atom is 0.407 e. The number of aliphatic hydroxyl groups excluding tert-OH is 1. The van der Waals surface area contributed by atoms with Gasteiger partial charge in [0.15, 0.2) is 0 Å². The molecule has 0 aromatic rings. The van der Waals surface area contributed by atoms with Gasteiger partial charge in [0, 0.05) is 12.5 Å². The summed E-state index contributed by atoms with van der Waals surface area (Å²) < 4.78 is 37.6. The Labute approximate surface area is 195 Å². The van der Waals surface area contributed by atoms with Gasteiger partial charge in [-0.05, 0) is 43.4 Å². The van der Waals surface area contributed by atoms with Crippen LogP contribution in [0.25, 0.3) is 0 Å². The minimum absolute atomic E-state index is 0.00368. The molecule has 1 heterocycles. The van der Waals surface area contributed by atoms with Crippen LogP contribution in [0.4, 0.5) is 4.79 Å². The molecule has 6 atom stereocenters. The topological polar surface area (TPSA) is 171 Å². The summed E-state index contributed by atoms with van der Waals surface area (Å²) in [5.41, 5.74) is -2.31. The number of ether oxygens (including phenoxy) is 1. The zero-order valence-corrected chi connectivity index (χ0v) is 20.3. The minimum atomic E-state index is -4.90. The predicted molar refractivity (Wildman–Crippen MR) is 119 cm³/mol. The van der Waals surface area contributed by atoms with Crippen molar-refractivity contribution in [2.75, 3.05) is 13.2 Å². The molecule has 190 valence electrons. The lowest BCUT2D eigenvalue weighted by atomic mass is 9.97. The van der Waals surface area contributed by atoms with Gasteiger partial charge in [-0.25, -0.2) is 4.79 Å². The smallest absolute Gasteiger partial charge is 0.407 e. The van der Waals surface area contributed by atoms with Crippen LogP contribution in [0.1, 0.15) is 59.3 Å². The molecular weight excluding hydrogens is 454 g/mol. The molecular formula is C21H37N3O8S. The Morgan fingerprint density at radius 1 is 1.24 bits per heavy atom. The normalized spacial score (nSPS) is 25.2. The van der Waals surface area contributed by atoms with Crippen molar-refractivity contribution in [1.82, 2.24) is 16.0 Å². The standard InChI is InChI=1S/C21H37N3O8S/c1-4-5-13-9-15(13)11-32-21(28)24-16(8-12(2)3)19(26)23-17(20(27)33(29,30)31)10-14-6-7-22-18(14)25/h12-17,20,27H,4-11H2,1-3H3,(H,22,25)(H,23,26)(H,24,28)(H,29,30,31)/t13-,14+,15+,16+,17+,20+/m1/s1. The Bertz CT molecular complexity index is 803. The van der Waals surface area contributed by atoms with E-state index in [2.05, 4.69) is 22.9 Å². The van der Waals surface area contributed by atoms with Crippen molar-refractivity contribution in [3.05, 3.63) is 0 Å². The van der Waals surface area contributed by atoms with Gasteiger partial charge in [0.05, 0.1) is 12.6 Å². The van der Waals surface area contributed by atoms with Crippen molar-refractivity contribution in [2.24, 2.45) is 23.7 Å². The number of amides is 3. The molecule has 12 heteroatoms. The SMILES string of the molecule is CCC[C@@H]1C[C@H]1COC(=O)N[C@@H](CC(C)C)C(=O)N[C@@H](C[C@@H]1CCNC1=O)[C@@H](O)S(=O)(=O)O. The number of hydrogen-bond donors (Lipinski definition) is 5. The van der Waals surface area contributed by atoms with E-state index in [1.807, 2.05) is 13.8 Å². The first-order valence-corrected chi connectivity index (χ1v) is 13.1. The number of aliphatic hydroxyl groups is 1. The molecule has 2 rings (SSSR count). The number of alkyl carbamates (subject to hydrolysis) is 1. The largest absolute Gasteiger partial charge is 0.449 e. The first kappa shape index (κ1) is 27.3. The molecule has 3 amide bonds. The van der Waals surface area contributed by atoms with E-state index in [-0.39, 0.29) is 31.3 Å². The molecule has 0 bridgehead atoms. The highest BCUT2D eigenvalue weighted by atomic mass is 32.2. The van der Waals surface area contributed by atoms with Crippen LogP contribution in [0, 0.1) is 23.7 Å². The van der Waals surface area contributed by atoms with Crippen molar-refractivity contribution < 1.29 is 37.2 Å². The summed E-state index contributed by atoms with van der Waals surface area (Å²) in [5, 5.41) is 17.6. The van der Waals surface area contributed by atoms with Gasteiger partial charge in [0.25, 0.3) is 10.1 Å². The second-order valence-electron chi connectivity index (χ2n) is 9.50. The maximum atomic E-state index is 12.9. The molecule has 1 aliphatic carbocycles. The van der Waals surface area contributed by atoms with Gasteiger partial charge >= 0.3 is 6.09 Å². The quantitative estimate of drug-likeness (QED) is 0.235. The Morgan fingerprint density at radius 2 is 1.94 bits per heavy atom. The summed E-state index contributed by atoms with van der Waals surface area (Å²) in [5.74, 6) is -0.777. The average Bonchev–Trinajstić information content (AvgIpc) is 3.34. The lowest BCUT2D eigenvalue weighted by Gasteiger charge is -2.27. The van der Waals surface area contributed by atoms with Crippen LogP contribution >= 0.6 is 0 Å². The molecule has 1 aliphatic heterocycles. The summed E-state index contributed by atoms with van der Waals surface area (Å²) >= 11 is 0. The fraction of sp³-hybridized carbons (Fsp3) is 0.857. The van der Waals surface area contributed by atoms with Crippen molar-refractivity contribution >= 4 is 28.0 Å². The van der Waals surface area contributed by atoms with Gasteiger partial charge in [-0.1, -0.05) is 33.6 Å². The van der Waals surface area contributed by atoms with Crippen molar-refractivity contribution in [3.63, 3.8) is 0 Å². The van der Waals surface area contributed by atoms with Crippen LogP contribution in [-0.4, -0.2) is 66.7 Å². The van der Waals surface area contributed by atoms with Crippen molar-refractivity contribution in [2.45, 2.75) is 76.8 Å². The number of rotatable bonds is 13. The van der Waals surface area contributed by atoms with E-state index >= 15 is 0 Å². The van der Waals surface area contributed by atoms with E-state index in [1.54, 1.807) is 0 Å². The minimum Gasteiger partial charge on any atom is -0.449 e. The summed E-state index contributed by atoms with van der Waals surface area (Å²) in [6.07, 6.45) is 2.89. The van der Waals surface area contributed by atoms with Gasteiger partial charge in [0.2, 0.25) is 17.3 Å². The second kappa shape index (κ2) is 12.0. The lowest BCUT2D eigenvalue weighted by Crippen LogP contribution is -2.55. The molecule has 0 radical (unpaired) electrons. The molecule has 2 fully saturated rings. The molecule has 0 unspecified atom stereocenters. The molecule has 0 aromatic heterocycles. The second-order valence-corrected chi connectivity index (χ2v) is 11.0. The fourth-order valence-electron chi connectivity index (χ4n) is 4.22. The van der Waals surface area contributed by atoms with Gasteiger partial charge in [0.1, 0.15) is 6.04 Å². The number of hydrogen-bond acceptors (Lipinski definition) is 7. The average molecular weight is 492 g/mol. The highest BCUT2D eigenvalue weighted by molar-refractivity contribution is 7.86. The fourth-order valence-corrected chi connectivity index (χ4v) is 4.82. The highest BCUT2D eigenvalue weighted by Gasteiger charge is 2.39. The molecule has 0 spiro atoms. The molecule has 33 heavy (non-hydrogen) atoms. The first-order chi connectivity index (χ1) is 15.4. The summed E-state index contributed by atoms with van der Waals surface area (Å²) in [6.45, 7) is 6.47. The summed E-state index contributed by atoms with van der Waals surface area (Å²) in [7, 11) is -4.90. The van der Waals surface area contributed by atoms with Crippen LogP contribution in [-0.2, 0) is 24.4 Å². The van der Waals surface area contributed by atoms with Gasteiger partial charge < -0.3 is 25.8 Å². The van der Waals surface area contributed by atoms with Crippen LogP contribution in [0.3, 0.4) is 0 Å². The number of carbonyl (C=O) groups is 3. The third-order valence-electron chi connectivity index (χ3n) is 6.15. The Morgan fingerprint density at radius 3 is 2.48 bits per heavy atom. The van der Waals surface area contributed by atoms with Crippen LogP contribution in [0.5, 0.6) is 0 Å². The van der Waals surface area contributed by atoms with Crippen molar-refractivity contribution in [1.29, 1.82) is 0 Å². The molecule has 2 aliphatic rings. The molecule has 1 saturated carbocycles. The number of nitrogens with one attached hydrogen (secondary N) is 3. The molecule has 0 aromatic carbocycles. The first-order valence-electron chi connectivity index (χ1n) is 11.6. The third-order valence-corrected chi connectivity index (χ3v) is 7.09. The van der Waals surface area contributed by atoms with E-state index in [4.69, 9.17) is 4.74 Å². The Hall–Kier alpha value is -1.92. The van der Waals surface area contributed by atoms with Crippen LogP contribution < -0.4 is 16.0 Å². The summed E-state index contributed by atoms with van der Waals surface area (Å²) in [4.78, 5) is 37.1. The van der Waals surface area contributed by atoms with E-state index in [0.717, 1.165) is 19.3 Å². The van der Waals surface area contributed by atoms with Crippen molar-refractivity contribution in [3.8, 4) is 0 Å².